The third kappa shape index (κ3) is 7.15. The number of halogens is 1. The molecule has 1 fully saturated rings. The predicted molar refractivity (Wildman–Crippen MR) is 122 cm³/mol. The van der Waals surface area contributed by atoms with Crippen molar-refractivity contribution in [3.05, 3.63) is 65.5 Å². The molecule has 166 valence electrons. The number of hydrogen-bond donors (Lipinski definition) is 2. The van der Waals surface area contributed by atoms with Crippen molar-refractivity contribution in [2.24, 2.45) is 4.99 Å². The van der Waals surface area contributed by atoms with Crippen LogP contribution >= 0.6 is 0 Å². The minimum Gasteiger partial charge on any atom is -0.379 e. The summed E-state index contributed by atoms with van der Waals surface area (Å²) in [6.45, 7) is 10.9. The Labute approximate surface area is 183 Å². The van der Waals surface area contributed by atoms with Crippen molar-refractivity contribution in [3.63, 3.8) is 0 Å². The van der Waals surface area contributed by atoms with E-state index in [1.54, 1.807) is 12.1 Å². The Morgan fingerprint density at radius 3 is 2.32 bits per heavy atom. The van der Waals surface area contributed by atoms with Gasteiger partial charge in [-0.25, -0.2) is 4.39 Å². The molecule has 0 spiro atoms. The number of aliphatic imine (C=N–C) groups is 1. The first kappa shape index (κ1) is 22.9. The molecule has 0 bridgehead atoms. The van der Waals surface area contributed by atoms with Crippen molar-refractivity contribution in [1.29, 1.82) is 0 Å². The van der Waals surface area contributed by atoms with Crippen molar-refractivity contribution in [1.82, 2.24) is 10.2 Å². The Morgan fingerprint density at radius 1 is 1.06 bits per heavy atom. The molecule has 1 aliphatic rings. The molecule has 2 aromatic carbocycles. The minimum atomic E-state index is -0.320. The van der Waals surface area contributed by atoms with Crippen LogP contribution < -0.4 is 10.6 Å². The van der Waals surface area contributed by atoms with Crippen molar-refractivity contribution in [2.45, 2.75) is 26.2 Å². The van der Waals surface area contributed by atoms with Crippen LogP contribution in [0.1, 0.15) is 36.7 Å². The Bertz CT molecular complexity index is 883. The maximum atomic E-state index is 13.2. The molecule has 0 atom stereocenters. The lowest BCUT2D eigenvalue weighted by atomic mass is 9.87. The van der Waals surface area contributed by atoms with Gasteiger partial charge < -0.3 is 10.1 Å². The molecule has 6 nitrogen and oxygen atoms in total. The Morgan fingerprint density at radius 2 is 1.71 bits per heavy atom. The van der Waals surface area contributed by atoms with E-state index in [1.807, 2.05) is 24.3 Å². The van der Waals surface area contributed by atoms with Gasteiger partial charge in [0.15, 0.2) is 0 Å². The molecule has 1 aliphatic heterocycles. The number of ether oxygens (including phenoxy) is 1. The normalized spacial score (nSPS) is 15.5. The number of hydrogen-bond acceptors (Lipinski definition) is 4. The average Bonchev–Trinajstić information content (AvgIpc) is 2.75. The summed E-state index contributed by atoms with van der Waals surface area (Å²) in [5.41, 5.74) is 2.38. The van der Waals surface area contributed by atoms with Gasteiger partial charge in [0, 0.05) is 30.9 Å². The average molecular weight is 427 g/mol. The second-order valence-corrected chi connectivity index (χ2v) is 8.60. The van der Waals surface area contributed by atoms with Crippen LogP contribution in [0.25, 0.3) is 0 Å². The minimum absolute atomic E-state index is 0.0191. The van der Waals surface area contributed by atoms with Crippen molar-refractivity contribution in [2.75, 3.05) is 44.7 Å². The van der Waals surface area contributed by atoms with Gasteiger partial charge in [-0.05, 0) is 47.4 Å². The van der Waals surface area contributed by atoms with Crippen LogP contribution in [-0.4, -0.2) is 56.2 Å². The van der Waals surface area contributed by atoms with Crippen molar-refractivity contribution in [3.8, 4) is 0 Å². The molecule has 1 saturated heterocycles. The van der Waals surface area contributed by atoms with E-state index in [2.05, 4.69) is 41.3 Å². The quantitative estimate of drug-likeness (QED) is 0.566. The third-order valence-electron chi connectivity index (χ3n) is 5.14. The van der Waals surface area contributed by atoms with Crippen LogP contribution in [0.15, 0.2) is 53.5 Å². The zero-order chi connectivity index (χ0) is 22.3. The van der Waals surface area contributed by atoms with E-state index in [9.17, 15) is 9.18 Å². The molecule has 0 aromatic heterocycles. The standard InChI is InChI=1S/C24H31FN4O2/c1-24(2,3)19-6-4-18(5-7-19)22(30)28-23(27-21-10-8-20(25)9-11-21)26-12-13-29-14-16-31-17-15-29/h4-11H,12-17H2,1-3H3,(H2,26,27,28,30). The summed E-state index contributed by atoms with van der Waals surface area (Å²) in [5.74, 6) is -0.232. The topological polar surface area (TPSA) is 66.0 Å². The fourth-order valence-electron chi connectivity index (χ4n) is 3.21. The SMILES string of the molecule is CC(C)(C)c1ccc(C(=O)NC(=NCCN2CCOCC2)Nc2ccc(F)cc2)cc1. The number of anilines is 1. The molecule has 0 saturated carbocycles. The largest absolute Gasteiger partial charge is 0.379 e. The maximum Gasteiger partial charge on any atom is 0.257 e. The first-order chi connectivity index (χ1) is 14.8. The van der Waals surface area contributed by atoms with Crippen molar-refractivity contribution < 1.29 is 13.9 Å². The van der Waals surface area contributed by atoms with Gasteiger partial charge in [-0.15, -0.1) is 0 Å². The van der Waals surface area contributed by atoms with Gasteiger partial charge in [0.2, 0.25) is 5.96 Å². The Balaban J connectivity index is 1.69. The van der Waals surface area contributed by atoms with Crippen LogP contribution in [0.3, 0.4) is 0 Å². The van der Waals surface area contributed by atoms with Gasteiger partial charge in [-0.1, -0.05) is 32.9 Å². The van der Waals surface area contributed by atoms with E-state index in [0.29, 0.717) is 23.8 Å². The highest BCUT2D eigenvalue weighted by atomic mass is 19.1. The molecule has 0 radical (unpaired) electrons. The molecule has 2 aromatic rings. The molecule has 7 heteroatoms. The summed E-state index contributed by atoms with van der Waals surface area (Å²) >= 11 is 0. The summed E-state index contributed by atoms with van der Waals surface area (Å²) in [6.07, 6.45) is 0. The van der Waals surface area contributed by atoms with Crippen LogP contribution in [0.2, 0.25) is 0 Å². The van der Waals surface area contributed by atoms with E-state index >= 15 is 0 Å². The smallest absolute Gasteiger partial charge is 0.257 e. The van der Waals surface area contributed by atoms with Gasteiger partial charge in [-0.3, -0.25) is 20.0 Å². The van der Waals surface area contributed by atoms with E-state index in [0.717, 1.165) is 38.4 Å². The molecular formula is C24H31FN4O2. The molecule has 3 rings (SSSR count). The molecule has 0 aliphatic carbocycles. The summed E-state index contributed by atoms with van der Waals surface area (Å²) in [6, 6.07) is 13.5. The number of guanidine groups is 1. The lowest BCUT2D eigenvalue weighted by molar-refractivity contribution is 0.0394. The van der Waals surface area contributed by atoms with Gasteiger partial charge in [-0.2, -0.15) is 0 Å². The fraction of sp³-hybridized carbons (Fsp3) is 0.417. The Hall–Kier alpha value is -2.77. The predicted octanol–water partition coefficient (Wildman–Crippen LogP) is 3.65. The maximum absolute atomic E-state index is 13.2. The third-order valence-corrected chi connectivity index (χ3v) is 5.14. The monoisotopic (exact) mass is 426 g/mol. The van der Waals surface area contributed by atoms with Crippen LogP contribution in [0, 0.1) is 5.82 Å². The number of morpholine rings is 1. The number of nitrogens with one attached hydrogen (secondary N) is 2. The molecule has 1 heterocycles. The summed E-state index contributed by atoms with van der Waals surface area (Å²) in [4.78, 5) is 19.6. The lowest BCUT2D eigenvalue weighted by Gasteiger charge is -2.25. The van der Waals surface area contributed by atoms with Crippen molar-refractivity contribution >= 4 is 17.6 Å². The number of amides is 1. The number of carbonyl (C=O) groups excluding carboxylic acids is 1. The highest BCUT2D eigenvalue weighted by Crippen LogP contribution is 2.22. The molecular weight excluding hydrogens is 395 g/mol. The summed E-state index contributed by atoms with van der Waals surface area (Å²) < 4.78 is 18.6. The lowest BCUT2D eigenvalue weighted by Crippen LogP contribution is -2.39. The first-order valence-corrected chi connectivity index (χ1v) is 10.6. The van der Waals surface area contributed by atoms with E-state index in [4.69, 9.17) is 4.74 Å². The molecule has 31 heavy (non-hydrogen) atoms. The van der Waals surface area contributed by atoms with Gasteiger partial charge in [0.25, 0.3) is 5.91 Å². The second kappa shape index (κ2) is 10.5. The van der Waals surface area contributed by atoms with E-state index in [-0.39, 0.29) is 17.1 Å². The van der Waals surface area contributed by atoms with Gasteiger partial charge in [0.1, 0.15) is 5.82 Å². The van der Waals surface area contributed by atoms with Crippen LogP contribution in [-0.2, 0) is 10.2 Å². The highest BCUT2D eigenvalue weighted by molar-refractivity contribution is 6.09. The number of carbonyl (C=O) groups is 1. The number of nitrogens with zero attached hydrogens (tertiary/aromatic N) is 2. The highest BCUT2D eigenvalue weighted by Gasteiger charge is 2.15. The van der Waals surface area contributed by atoms with E-state index < -0.39 is 0 Å². The van der Waals surface area contributed by atoms with E-state index in [1.165, 1.54) is 12.1 Å². The van der Waals surface area contributed by atoms with Gasteiger partial charge in [0.05, 0.1) is 19.8 Å². The molecule has 1 amide bonds. The fourth-order valence-corrected chi connectivity index (χ4v) is 3.21. The number of rotatable bonds is 5. The summed E-state index contributed by atoms with van der Waals surface area (Å²) in [5, 5.41) is 5.94. The zero-order valence-electron chi connectivity index (χ0n) is 18.5. The Kier molecular flexibility index (Phi) is 7.76. The van der Waals surface area contributed by atoms with Crippen LogP contribution in [0.5, 0.6) is 0 Å². The number of benzene rings is 2. The zero-order valence-corrected chi connectivity index (χ0v) is 18.5. The first-order valence-electron chi connectivity index (χ1n) is 10.6. The van der Waals surface area contributed by atoms with Gasteiger partial charge >= 0.3 is 0 Å². The molecule has 2 N–H and O–H groups in total. The second-order valence-electron chi connectivity index (χ2n) is 8.60. The molecule has 0 unspecified atom stereocenters. The summed E-state index contributed by atoms with van der Waals surface area (Å²) in [7, 11) is 0. The van der Waals surface area contributed by atoms with Crippen LogP contribution in [0.4, 0.5) is 10.1 Å².